The van der Waals surface area contributed by atoms with Gasteiger partial charge in [-0.3, -0.25) is 0 Å². The van der Waals surface area contributed by atoms with Crippen LogP contribution in [0.5, 0.6) is 11.5 Å². The van der Waals surface area contributed by atoms with Gasteiger partial charge in [0.2, 0.25) is 0 Å². The van der Waals surface area contributed by atoms with Gasteiger partial charge in [-0.15, -0.1) is 0 Å². The van der Waals surface area contributed by atoms with Crippen LogP contribution in [0.3, 0.4) is 0 Å². The number of methoxy groups -OCH3 is 3. The lowest BCUT2D eigenvalue weighted by atomic mass is 9.92. The summed E-state index contributed by atoms with van der Waals surface area (Å²) < 4.78 is 64.5. The maximum absolute atomic E-state index is 14.3. The van der Waals surface area contributed by atoms with E-state index in [9.17, 15) is 18.0 Å². The highest BCUT2D eigenvalue weighted by molar-refractivity contribution is 6.13. The van der Waals surface area contributed by atoms with E-state index in [4.69, 9.17) is 18.9 Å². The number of hydrogen-bond donors (Lipinski definition) is 1. The van der Waals surface area contributed by atoms with Crippen LogP contribution in [0.25, 0.3) is 21.8 Å². The van der Waals surface area contributed by atoms with Gasteiger partial charge in [0.25, 0.3) is 5.60 Å². The fourth-order valence-electron chi connectivity index (χ4n) is 4.89. The summed E-state index contributed by atoms with van der Waals surface area (Å²) in [6.07, 6.45) is -5.86. The molecule has 0 unspecified atom stereocenters. The fraction of sp³-hybridized carbons (Fsp3) is 0.321. The monoisotopic (exact) mass is 515 g/mol. The summed E-state index contributed by atoms with van der Waals surface area (Å²) >= 11 is 0. The van der Waals surface area contributed by atoms with E-state index in [2.05, 4.69) is 4.98 Å². The Morgan fingerprint density at radius 1 is 0.946 bits per heavy atom. The normalized spacial score (nSPS) is 14.4. The first kappa shape index (κ1) is 26.3. The van der Waals surface area contributed by atoms with Crippen molar-refractivity contribution < 1.29 is 36.9 Å². The van der Waals surface area contributed by atoms with Crippen LogP contribution in [0.1, 0.15) is 23.6 Å². The number of alkyl halides is 3. The molecule has 1 aromatic heterocycles. The molecule has 6 nitrogen and oxygen atoms in total. The number of rotatable bonds is 8. The third kappa shape index (κ3) is 4.27. The molecule has 4 rings (SSSR count). The predicted molar refractivity (Wildman–Crippen MR) is 134 cm³/mol. The van der Waals surface area contributed by atoms with Gasteiger partial charge in [0, 0.05) is 35.6 Å². The molecular formula is C28H28F3NO5. The second-order valence-electron chi connectivity index (χ2n) is 8.76. The number of fused-ring (bicyclic) bond motifs is 3. The second-order valence-corrected chi connectivity index (χ2v) is 8.76. The first-order chi connectivity index (χ1) is 17.6. The lowest BCUT2D eigenvalue weighted by Gasteiger charge is -2.33. The third-order valence-electron chi connectivity index (χ3n) is 6.62. The van der Waals surface area contributed by atoms with Gasteiger partial charge in [-0.25, -0.2) is 4.79 Å². The highest BCUT2D eigenvalue weighted by atomic mass is 19.4. The van der Waals surface area contributed by atoms with Gasteiger partial charge in [0.15, 0.2) is 11.5 Å². The largest absolute Gasteiger partial charge is 0.493 e. The minimum Gasteiger partial charge on any atom is -0.493 e. The summed E-state index contributed by atoms with van der Waals surface area (Å²) in [5.74, 6) is -0.494. The maximum atomic E-state index is 14.3. The number of aromatic nitrogens is 1. The van der Waals surface area contributed by atoms with Crippen LogP contribution in [0.15, 0.2) is 54.6 Å². The number of ether oxygens (including phenoxy) is 4. The summed E-state index contributed by atoms with van der Waals surface area (Å²) in [5, 5.41) is 1.68. The molecule has 3 aromatic carbocycles. The molecule has 1 heterocycles. The molecule has 0 aliphatic carbocycles. The van der Waals surface area contributed by atoms with E-state index < -0.39 is 23.9 Å². The molecule has 0 saturated carbocycles. The molecule has 0 bridgehead atoms. The molecule has 4 aromatic rings. The van der Waals surface area contributed by atoms with Gasteiger partial charge in [0.05, 0.1) is 25.1 Å². The number of aromatic amines is 1. The van der Waals surface area contributed by atoms with E-state index in [1.54, 1.807) is 20.1 Å². The number of hydrogen-bond acceptors (Lipinski definition) is 5. The molecule has 0 aliphatic heterocycles. The van der Waals surface area contributed by atoms with Crippen LogP contribution >= 0.6 is 0 Å². The Bertz CT molecular complexity index is 1430. The van der Waals surface area contributed by atoms with Crippen LogP contribution in [0.2, 0.25) is 0 Å². The minimum atomic E-state index is -5.05. The summed E-state index contributed by atoms with van der Waals surface area (Å²) in [5.41, 5.74) is -0.574. The summed E-state index contributed by atoms with van der Waals surface area (Å²) in [7, 11) is 3.92. The Labute approximate surface area is 212 Å². The van der Waals surface area contributed by atoms with Gasteiger partial charge >= 0.3 is 12.1 Å². The first-order valence-corrected chi connectivity index (χ1v) is 11.6. The molecule has 37 heavy (non-hydrogen) atoms. The Morgan fingerprint density at radius 2 is 1.57 bits per heavy atom. The molecule has 196 valence electrons. The molecule has 9 heteroatoms. The Balaban J connectivity index is 1.77. The van der Waals surface area contributed by atoms with Gasteiger partial charge in [-0.1, -0.05) is 48.5 Å². The molecule has 1 N–H and O–H groups in total. The van der Waals surface area contributed by atoms with Crippen LogP contribution in [0, 0.1) is 6.92 Å². The van der Waals surface area contributed by atoms with Gasteiger partial charge in [-0.05, 0) is 25.5 Å². The topological polar surface area (TPSA) is 69.8 Å². The van der Waals surface area contributed by atoms with Crippen molar-refractivity contribution in [1.82, 2.24) is 4.98 Å². The van der Waals surface area contributed by atoms with E-state index in [1.807, 2.05) is 31.2 Å². The number of H-pyrrole nitrogens is 1. The average Bonchev–Trinajstić information content (AvgIpc) is 3.25. The van der Waals surface area contributed by atoms with E-state index in [0.717, 1.165) is 40.0 Å². The highest BCUT2D eigenvalue weighted by Crippen LogP contribution is 2.46. The van der Waals surface area contributed by atoms with E-state index in [0.29, 0.717) is 11.5 Å². The number of halogens is 3. The number of nitrogens with one attached hydrogen (secondary N) is 1. The number of esters is 1. The van der Waals surface area contributed by atoms with Crippen LogP contribution in [-0.2, 0) is 26.3 Å². The molecule has 2 atom stereocenters. The van der Waals surface area contributed by atoms with Crippen LogP contribution < -0.4 is 9.47 Å². The maximum Gasteiger partial charge on any atom is 0.432 e. The van der Waals surface area contributed by atoms with Crippen molar-refractivity contribution in [3.63, 3.8) is 0 Å². The molecule has 0 fully saturated rings. The molecule has 0 aliphatic rings. The summed E-state index contributed by atoms with van der Waals surface area (Å²) in [6, 6.07) is 14.4. The Hall–Kier alpha value is -3.72. The van der Waals surface area contributed by atoms with Gasteiger partial charge < -0.3 is 23.9 Å². The summed E-state index contributed by atoms with van der Waals surface area (Å²) in [6.45, 7) is 3.37. The van der Waals surface area contributed by atoms with Crippen molar-refractivity contribution in [2.45, 2.75) is 38.1 Å². The fourth-order valence-corrected chi connectivity index (χ4v) is 4.89. The molecular weight excluding hydrogens is 487 g/mol. The first-order valence-electron chi connectivity index (χ1n) is 11.6. The van der Waals surface area contributed by atoms with E-state index in [1.165, 1.54) is 31.4 Å². The van der Waals surface area contributed by atoms with Crippen LogP contribution in [0.4, 0.5) is 13.2 Å². The smallest absolute Gasteiger partial charge is 0.432 e. The zero-order valence-corrected chi connectivity index (χ0v) is 21.2. The predicted octanol–water partition coefficient (Wildman–Crippen LogP) is 6.23. The number of para-hydroxylation sites is 1. The van der Waals surface area contributed by atoms with Crippen molar-refractivity contribution in [3.8, 4) is 11.5 Å². The van der Waals surface area contributed by atoms with Crippen molar-refractivity contribution >= 4 is 27.8 Å². The van der Waals surface area contributed by atoms with E-state index >= 15 is 0 Å². The lowest BCUT2D eigenvalue weighted by molar-refractivity contribution is -0.278. The number of carbonyl (C=O) groups is 1. The van der Waals surface area contributed by atoms with Crippen LogP contribution in [-0.4, -0.2) is 44.6 Å². The van der Waals surface area contributed by atoms with Gasteiger partial charge in [-0.2, -0.15) is 13.2 Å². The van der Waals surface area contributed by atoms with Crippen molar-refractivity contribution in [2.75, 3.05) is 21.3 Å². The molecule has 0 amide bonds. The molecule has 0 radical (unpaired) electrons. The number of carbonyl (C=O) groups excluding carboxylic acids is 1. The quantitative estimate of drug-likeness (QED) is 0.282. The zero-order valence-electron chi connectivity index (χ0n) is 21.2. The minimum absolute atomic E-state index is 0.119. The molecule has 0 saturated heterocycles. The Kier molecular flexibility index (Phi) is 7.10. The standard InChI is InChI=1S/C28H28F3NO5/c1-16(37-26(33)27(36-5,28(29,30)31)18-11-7-6-8-12-18)15-20-17(2)24(34-3)25(35-4)22-19-13-9-10-14-21(19)32-23(20)22/h6-14,16,32H,15H2,1-5H3/t16-,27-/m1/s1. The van der Waals surface area contributed by atoms with Crippen molar-refractivity contribution in [1.29, 1.82) is 0 Å². The number of benzene rings is 3. The van der Waals surface area contributed by atoms with Crippen molar-refractivity contribution in [3.05, 3.63) is 71.3 Å². The highest BCUT2D eigenvalue weighted by Gasteiger charge is 2.64. The second kappa shape index (κ2) is 9.97. The molecule has 0 spiro atoms. The lowest BCUT2D eigenvalue weighted by Crippen LogP contribution is -2.52. The SMILES string of the molecule is COc1c(C)c(C[C@@H](C)OC(=O)[C@](OC)(c2ccccc2)C(F)(F)F)c2[nH]c3ccccc3c2c1OC. The van der Waals surface area contributed by atoms with Crippen molar-refractivity contribution in [2.24, 2.45) is 0 Å². The third-order valence-corrected chi connectivity index (χ3v) is 6.62. The Morgan fingerprint density at radius 3 is 2.16 bits per heavy atom. The zero-order chi connectivity index (χ0) is 27.0. The van der Waals surface area contributed by atoms with E-state index in [-0.39, 0.29) is 12.0 Å². The summed E-state index contributed by atoms with van der Waals surface area (Å²) in [4.78, 5) is 16.5. The van der Waals surface area contributed by atoms with Gasteiger partial charge in [0.1, 0.15) is 6.10 Å². The average molecular weight is 516 g/mol.